The van der Waals surface area contributed by atoms with E-state index < -0.39 is 5.97 Å². The predicted octanol–water partition coefficient (Wildman–Crippen LogP) is 3.13. The summed E-state index contributed by atoms with van der Waals surface area (Å²) in [5, 5.41) is 11.6. The van der Waals surface area contributed by atoms with Gasteiger partial charge >= 0.3 is 5.97 Å². The van der Waals surface area contributed by atoms with Crippen molar-refractivity contribution in [2.24, 2.45) is 0 Å². The maximum absolute atomic E-state index is 12.0. The molecular weight excluding hydrogens is 342 g/mol. The molecule has 6 heteroatoms. The highest BCUT2D eigenvalue weighted by Crippen LogP contribution is 2.27. The van der Waals surface area contributed by atoms with Crippen LogP contribution in [0.1, 0.15) is 21.6 Å². The number of carboxylic acid groups (broad SMARTS) is 1. The van der Waals surface area contributed by atoms with Crippen LogP contribution in [0.15, 0.2) is 54.7 Å². The molecule has 134 valence electrons. The number of carbonyl (C=O) groups excluding carboxylic acids is 1. The lowest BCUT2D eigenvalue weighted by atomic mass is 10.0. The summed E-state index contributed by atoms with van der Waals surface area (Å²) in [6.07, 6.45) is 5.17. The standard InChI is InChI=1S/C21H17N3O3/c25-20(26)5-4-13-2-1-3-14(10-13)18-11-15(6-8-22-18)19-12-16-17(24-19)7-9-23-21(16)27/h1-6,8,10-12,24H,7,9H2,(H,23,27)(H,25,26). The molecule has 0 unspecified atom stereocenters. The van der Waals surface area contributed by atoms with Gasteiger partial charge in [-0.1, -0.05) is 18.2 Å². The summed E-state index contributed by atoms with van der Waals surface area (Å²) in [6.45, 7) is 0.643. The van der Waals surface area contributed by atoms with Crippen molar-refractivity contribution < 1.29 is 14.7 Å². The first-order valence-electron chi connectivity index (χ1n) is 8.58. The van der Waals surface area contributed by atoms with Crippen molar-refractivity contribution in [2.45, 2.75) is 6.42 Å². The molecule has 0 fully saturated rings. The smallest absolute Gasteiger partial charge is 0.328 e. The third kappa shape index (κ3) is 3.50. The Labute approximate surface area is 155 Å². The van der Waals surface area contributed by atoms with Gasteiger partial charge in [-0.2, -0.15) is 0 Å². The number of fused-ring (bicyclic) bond motifs is 1. The summed E-state index contributed by atoms with van der Waals surface area (Å²) < 4.78 is 0. The third-order valence-corrected chi connectivity index (χ3v) is 4.48. The molecule has 0 radical (unpaired) electrons. The summed E-state index contributed by atoms with van der Waals surface area (Å²) in [5.74, 6) is -1.04. The zero-order chi connectivity index (χ0) is 18.8. The third-order valence-electron chi connectivity index (χ3n) is 4.48. The van der Waals surface area contributed by atoms with E-state index in [-0.39, 0.29) is 5.91 Å². The van der Waals surface area contributed by atoms with E-state index in [0.29, 0.717) is 12.1 Å². The Hall–Kier alpha value is -3.67. The van der Waals surface area contributed by atoms with E-state index in [2.05, 4.69) is 15.3 Å². The van der Waals surface area contributed by atoms with Crippen LogP contribution in [0.5, 0.6) is 0 Å². The molecule has 0 saturated heterocycles. The first kappa shape index (κ1) is 16.8. The molecule has 3 N–H and O–H groups in total. The van der Waals surface area contributed by atoms with Gasteiger partial charge < -0.3 is 15.4 Å². The Morgan fingerprint density at radius 2 is 2.04 bits per heavy atom. The van der Waals surface area contributed by atoms with Gasteiger partial charge in [0, 0.05) is 47.8 Å². The second kappa shape index (κ2) is 6.92. The predicted molar refractivity (Wildman–Crippen MR) is 102 cm³/mol. The molecule has 4 rings (SSSR count). The fourth-order valence-corrected chi connectivity index (χ4v) is 3.17. The van der Waals surface area contributed by atoms with Gasteiger partial charge in [0.2, 0.25) is 0 Å². The first-order chi connectivity index (χ1) is 13.1. The van der Waals surface area contributed by atoms with E-state index in [0.717, 1.165) is 46.3 Å². The molecule has 27 heavy (non-hydrogen) atoms. The average molecular weight is 359 g/mol. The molecule has 3 heterocycles. The van der Waals surface area contributed by atoms with Crippen LogP contribution in [0.4, 0.5) is 0 Å². The summed E-state index contributed by atoms with van der Waals surface area (Å²) in [6, 6.07) is 13.2. The van der Waals surface area contributed by atoms with Gasteiger partial charge in [-0.15, -0.1) is 0 Å². The second-order valence-corrected chi connectivity index (χ2v) is 6.31. The minimum absolute atomic E-state index is 0.0500. The Balaban J connectivity index is 1.68. The number of rotatable bonds is 4. The van der Waals surface area contributed by atoms with Gasteiger partial charge in [0.15, 0.2) is 0 Å². The van der Waals surface area contributed by atoms with Gasteiger partial charge in [0.1, 0.15) is 0 Å². The van der Waals surface area contributed by atoms with E-state index in [9.17, 15) is 9.59 Å². The average Bonchev–Trinajstić information content (AvgIpc) is 3.13. The number of benzene rings is 1. The Bertz CT molecular complexity index is 1070. The number of carboxylic acids is 1. The van der Waals surface area contributed by atoms with Gasteiger partial charge in [-0.3, -0.25) is 9.78 Å². The maximum atomic E-state index is 12.0. The van der Waals surface area contributed by atoms with Crippen molar-refractivity contribution in [3.05, 3.63) is 71.6 Å². The van der Waals surface area contributed by atoms with Crippen LogP contribution in [-0.2, 0) is 11.2 Å². The van der Waals surface area contributed by atoms with Crippen LogP contribution in [0.3, 0.4) is 0 Å². The number of pyridine rings is 1. The number of aliphatic carboxylic acids is 1. The van der Waals surface area contributed by atoms with Gasteiger partial charge in [0.25, 0.3) is 5.91 Å². The Morgan fingerprint density at radius 3 is 2.85 bits per heavy atom. The molecule has 0 saturated carbocycles. The molecule has 1 aliphatic heterocycles. The van der Waals surface area contributed by atoms with E-state index in [1.54, 1.807) is 12.3 Å². The van der Waals surface area contributed by atoms with Gasteiger partial charge in [-0.05, 0) is 35.9 Å². The first-order valence-corrected chi connectivity index (χ1v) is 8.58. The number of nitrogens with one attached hydrogen (secondary N) is 2. The molecule has 1 aliphatic rings. The van der Waals surface area contributed by atoms with Gasteiger partial charge in [-0.25, -0.2) is 4.79 Å². The zero-order valence-electron chi connectivity index (χ0n) is 14.4. The number of hydrogen-bond donors (Lipinski definition) is 3. The van der Waals surface area contributed by atoms with Crippen molar-refractivity contribution in [2.75, 3.05) is 6.54 Å². The summed E-state index contributed by atoms with van der Waals surface area (Å²) in [4.78, 5) is 30.5. The topological polar surface area (TPSA) is 95.1 Å². The van der Waals surface area contributed by atoms with Crippen molar-refractivity contribution in [1.29, 1.82) is 0 Å². The van der Waals surface area contributed by atoms with Gasteiger partial charge in [0.05, 0.1) is 11.3 Å². The highest BCUT2D eigenvalue weighted by Gasteiger charge is 2.20. The largest absolute Gasteiger partial charge is 0.478 e. The minimum Gasteiger partial charge on any atom is -0.478 e. The van der Waals surface area contributed by atoms with Crippen molar-refractivity contribution in [3.8, 4) is 22.5 Å². The van der Waals surface area contributed by atoms with Crippen LogP contribution in [0.25, 0.3) is 28.6 Å². The monoisotopic (exact) mass is 359 g/mol. The SMILES string of the molecule is O=C(O)C=Cc1cccc(-c2cc(-c3cc4c([nH]3)CCNC4=O)ccn2)c1. The molecule has 0 aliphatic carbocycles. The van der Waals surface area contributed by atoms with Crippen molar-refractivity contribution in [3.63, 3.8) is 0 Å². The fraction of sp³-hybridized carbons (Fsp3) is 0.0952. The number of carbonyl (C=O) groups is 2. The lowest BCUT2D eigenvalue weighted by molar-refractivity contribution is -0.131. The number of nitrogens with zero attached hydrogens (tertiary/aromatic N) is 1. The number of amides is 1. The van der Waals surface area contributed by atoms with Crippen LogP contribution in [-0.4, -0.2) is 33.5 Å². The fourth-order valence-electron chi connectivity index (χ4n) is 3.17. The Kier molecular flexibility index (Phi) is 4.30. The van der Waals surface area contributed by atoms with Crippen LogP contribution < -0.4 is 5.32 Å². The van der Waals surface area contributed by atoms with Crippen LogP contribution >= 0.6 is 0 Å². The minimum atomic E-state index is -0.986. The lowest BCUT2D eigenvalue weighted by Gasteiger charge is -2.10. The van der Waals surface area contributed by atoms with E-state index >= 15 is 0 Å². The molecule has 2 aromatic heterocycles. The summed E-state index contributed by atoms with van der Waals surface area (Å²) in [7, 11) is 0. The Morgan fingerprint density at radius 1 is 1.15 bits per heavy atom. The molecular formula is C21H17N3O3. The lowest BCUT2D eigenvalue weighted by Crippen LogP contribution is -2.31. The molecule has 0 atom stereocenters. The quantitative estimate of drug-likeness (QED) is 0.624. The number of H-pyrrole nitrogens is 1. The molecule has 1 aromatic carbocycles. The normalized spacial score (nSPS) is 13.4. The molecule has 0 bridgehead atoms. The van der Waals surface area contributed by atoms with Crippen LogP contribution in [0, 0.1) is 0 Å². The zero-order valence-corrected chi connectivity index (χ0v) is 14.4. The highest BCUT2D eigenvalue weighted by molar-refractivity contribution is 5.97. The van der Waals surface area contributed by atoms with Crippen molar-refractivity contribution >= 4 is 18.0 Å². The van der Waals surface area contributed by atoms with E-state index in [1.165, 1.54) is 0 Å². The van der Waals surface area contributed by atoms with E-state index in [4.69, 9.17) is 5.11 Å². The molecule has 1 amide bonds. The molecule has 3 aromatic rings. The van der Waals surface area contributed by atoms with Crippen molar-refractivity contribution in [1.82, 2.24) is 15.3 Å². The highest BCUT2D eigenvalue weighted by atomic mass is 16.4. The number of hydrogen-bond acceptors (Lipinski definition) is 3. The number of aromatic nitrogens is 2. The van der Waals surface area contributed by atoms with Crippen LogP contribution in [0.2, 0.25) is 0 Å². The number of aromatic amines is 1. The molecule has 0 spiro atoms. The summed E-state index contributed by atoms with van der Waals surface area (Å²) in [5.41, 5.74) is 5.90. The van der Waals surface area contributed by atoms with E-state index in [1.807, 2.05) is 42.5 Å². The summed E-state index contributed by atoms with van der Waals surface area (Å²) >= 11 is 0. The maximum Gasteiger partial charge on any atom is 0.328 e. The molecule has 6 nitrogen and oxygen atoms in total. The second-order valence-electron chi connectivity index (χ2n) is 6.31.